The molecule has 0 heterocycles. The van der Waals surface area contributed by atoms with Crippen LogP contribution in [0.1, 0.15) is 6.42 Å². The van der Waals surface area contributed by atoms with Gasteiger partial charge in [-0.05, 0) is 36.1 Å². The van der Waals surface area contributed by atoms with Crippen LogP contribution in [0.25, 0.3) is 0 Å². The minimum atomic E-state index is -4.75. The van der Waals surface area contributed by atoms with Gasteiger partial charge >= 0.3 is 12.1 Å². The molecule has 0 radical (unpaired) electrons. The van der Waals surface area contributed by atoms with Crippen LogP contribution in [-0.2, 0) is 4.79 Å². The quantitative estimate of drug-likeness (QED) is 0.468. The molecule has 0 bridgehead atoms. The Bertz CT molecular complexity index is 158. The zero-order chi connectivity index (χ0) is 11.6. The lowest BCUT2D eigenvalue weighted by Crippen LogP contribution is -2.37. The van der Waals surface area contributed by atoms with E-state index in [9.17, 15) is 18.0 Å². The van der Waals surface area contributed by atoms with E-state index in [0.717, 1.165) is 0 Å². The number of carbonyl (C=O) groups is 1. The third kappa shape index (κ3) is 12.2. The Hall–Kier alpha value is 0.230. The van der Waals surface area contributed by atoms with Gasteiger partial charge in [-0.15, -0.1) is 13.6 Å². The van der Waals surface area contributed by atoms with E-state index >= 15 is 0 Å². The number of nitrogens with one attached hydrogen (secondary N) is 2. The maximum atomic E-state index is 11.5. The lowest BCUT2D eigenvalue weighted by atomic mass is 10.4. The predicted octanol–water partition coefficient (Wildman–Crippen LogP) is 1.81. The maximum absolute atomic E-state index is 11.5. The predicted molar refractivity (Wildman–Crippen MR) is 53.1 cm³/mol. The molecule has 3 nitrogen and oxygen atoms in total. The standard InChI is InChI=1S/C5H9F3NOP.Cl2HN/c6-5(7,8)4(10)9-2-1-3-11;1-3-2/h1-3,11H2,(H,9,10);3H. The van der Waals surface area contributed by atoms with Crippen molar-refractivity contribution in [3.63, 3.8) is 0 Å². The van der Waals surface area contributed by atoms with Gasteiger partial charge in [0.2, 0.25) is 0 Å². The van der Waals surface area contributed by atoms with Gasteiger partial charge in [0.25, 0.3) is 0 Å². The first-order chi connectivity index (χ1) is 6.40. The van der Waals surface area contributed by atoms with Gasteiger partial charge < -0.3 is 5.32 Å². The minimum absolute atomic E-state index is 0.0713. The van der Waals surface area contributed by atoms with E-state index in [0.29, 0.717) is 12.6 Å². The smallest absolute Gasteiger partial charge is 0.348 e. The van der Waals surface area contributed by atoms with E-state index in [-0.39, 0.29) is 6.54 Å². The van der Waals surface area contributed by atoms with Crippen molar-refractivity contribution in [3.8, 4) is 0 Å². The van der Waals surface area contributed by atoms with E-state index in [1.54, 1.807) is 9.67 Å². The normalized spacial score (nSPS) is 10.1. The van der Waals surface area contributed by atoms with Gasteiger partial charge in [-0.2, -0.15) is 13.2 Å². The van der Waals surface area contributed by atoms with Crippen LogP contribution in [-0.4, -0.2) is 24.8 Å². The molecular weight excluding hydrogens is 263 g/mol. The first-order valence-corrected chi connectivity index (χ1v) is 4.98. The number of rotatable bonds is 3. The van der Waals surface area contributed by atoms with Crippen LogP contribution < -0.4 is 9.67 Å². The molecule has 0 saturated heterocycles. The van der Waals surface area contributed by atoms with E-state index in [1.165, 1.54) is 0 Å². The van der Waals surface area contributed by atoms with Crippen molar-refractivity contribution in [1.82, 2.24) is 9.67 Å². The molecule has 0 aliphatic heterocycles. The lowest BCUT2D eigenvalue weighted by molar-refractivity contribution is -0.173. The molecule has 0 aromatic carbocycles. The molecule has 0 aromatic rings. The van der Waals surface area contributed by atoms with Crippen LogP contribution in [0.4, 0.5) is 13.2 Å². The molecular formula is C5H10Cl2F3N2OP. The van der Waals surface area contributed by atoms with E-state index in [4.69, 9.17) is 0 Å². The zero-order valence-electron chi connectivity index (χ0n) is 7.00. The number of hydrogen-bond donors (Lipinski definition) is 2. The van der Waals surface area contributed by atoms with Gasteiger partial charge in [0, 0.05) is 6.54 Å². The van der Waals surface area contributed by atoms with Crippen LogP contribution in [0, 0.1) is 0 Å². The molecule has 0 aliphatic carbocycles. The van der Waals surface area contributed by atoms with Gasteiger partial charge in [0.1, 0.15) is 0 Å². The average Bonchev–Trinajstić information content (AvgIpc) is 2.04. The first kappa shape index (κ1) is 16.7. The summed E-state index contributed by atoms with van der Waals surface area (Å²) in [5, 5.41) is 1.75. The summed E-state index contributed by atoms with van der Waals surface area (Å²) in [7, 11) is 2.36. The summed E-state index contributed by atoms with van der Waals surface area (Å²) >= 11 is 9.03. The summed E-state index contributed by atoms with van der Waals surface area (Å²) in [5.41, 5.74) is 0. The fraction of sp³-hybridized carbons (Fsp3) is 0.800. The Balaban J connectivity index is 0. The Morgan fingerprint density at radius 3 is 2.07 bits per heavy atom. The van der Waals surface area contributed by atoms with Gasteiger partial charge in [-0.25, -0.2) is 0 Å². The van der Waals surface area contributed by atoms with Crippen LogP contribution in [0.2, 0.25) is 0 Å². The highest BCUT2D eigenvalue weighted by Crippen LogP contribution is 2.13. The number of halogens is 5. The Kier molecular flexibility index (Phi) is 11.6. The van der Waals surface area contributed by atoms with Crippen molar-refractivity contribution >= 4 is 38.7 Å². The average molecular weight is 273 g/mol. The van der Waals surface area contributed by atoms with Crippen LogP contribution >= 0.6 is 32.8 Å². The van der Waals surface area contributed by atoms with Crippen LogP contribution in [0.15, 0.2) is 0 Å². The fourth-order valence-electron chi connectivity index (χ4n) is 0.404. The lowest BCUT2D eigenvalue weighted by Gasteiger charge is -2.05. The topological polar surface area (TPSA) is 41.1 Å². The van der Waals surface area contributed by atoms with E-state index in [1.807, 2.05) is 0 Å². The van der Waals surface area contributed by atoms with Crippen LogP contribution in [0.5, 0.6) is 0 Å². The van der Waals surface area contributed by atoms with Gasteiger partial charge in [0.15, 0.2) is 0 Å². The Morgan fingerprint density at radius 1 is 1.36 bits per heavy atom. The van der Waals surface area contributed by atoms with Crippen LogP contribution in [0.3, 0.4) is 0 Å². The summed E-state index contributed by atoms with van der Waals surface area (Å²) in [6.07, 6.45) is -3.54. The fourth-order valence-corrected chi connectivity index (χ4v) is 0.608. The van der Waals surface area contributed by atoms with Crippen molar-refractivity contribution in [2.45, 2.75) is 12.6 Å². The summed E-state index contributed by atoms with van der Waals surface area (Å²) in [6, 6.07) is 0. The van der Waals surface area contributed by atoms with E-state index < -0.39 is 12.1 Å². The van der Waals surface area contributed by atoms with Gasteiger partial charge in [-0.1, -0.05) is 0 Å². The summed E-state index contributed by atoms with van der Waals surface area (Å²) < 4.78 is 36.1. The molecule has 2 N–H and O–H groups in total. The molecule has 1 unspecified atom stereocenters. The maximum Gasteiger partial charge on any atom is 0.471 e. The Labute approximate surface area is 92.1 Å². The molecule has 1 atom stereocenters. The van der Waals surface area contributed by atoms with Crippen molar-refractivity contribution < 1.29 is 18.0 Å². The molecule has 0 rings (SSSR count). The SMILES string of the molecule is ClNCl.O=C(NCCCP)C(F)(F)F. The minimum Gasteiger partial charge on any atom is -0.348 e. The third-order valence-electron chi connectivity index (χ3n) is 0.924. The second-order valence-electron chi connectivity index (χ2n) is 1.97. The molecule has 9 heteroatoms. The Morgan fingerprint density at radius 2 is 1.79 bits per heavy atom. The van der Waals surface area contributed by atoms with Gasteiger partial charge in [-0.3, -0.25) is 4.79 Å². The molecule has 0 aromatic heterocycles. The second-order valence-corrected chi connectivity index (χ2v) is 3.12. The highest BCUT2D eigenvalue weighted by atomic mass is 35.5. The highest BCUT2D eigenvalue weighted by molar-refractivity contribution is 7.16. The molecule has 14 heavy (non-hydrogen) atoms. The molecule has 0 fully saturated rings. The number of amides is 1. The first-order valence-electron chi connectivity index (χ1n) is 3.41. The van der Waals surface area contributed by atoms with Gasteiger partial charge in [0.05, 0.1) is 0 Å². The molecule has 0 aliphatic rings. The second kappa shape index (κ2) is 9.77. The largest absolute Gasteiger partial charge is 0.471 e. The summed E-state index contributed by atoms with van der Waals surface area (Å²) in [6.45, 7) is 0.0713. The molecule has 0 spiro atoms. The van der Waals surface area contributed by atoms with Crippen molar-refractivity contribution in [2.75, 3.05) is 12.7 Å². The zero-order valence-corrected chi connectivity index (χ0v) is 9.66. The van der Waals surface area contributed by atoms with Crippen molar-refractivity contribution in [2.24, 2.45) is 0 Å². The van der Waals surface area contributed by atoms with E-state index in [2.05, 4.69) is 32.8 Å². The molecule has 1 amide bonds. The van der Waals surface area contributed by atoms with Crippen molar-refractivity contribution in [1.29, 1.82) is 0 Å². The number of hydrogen-bond acceptors (Lipinski definition) is 2. The summed E-state index contributed by atoms with van der Waals surface area (Å²) in [5.74, 6) is -1.86. The monoisotopic (exact) mass is 272 g/mol. The third-order valence-corrected chi connectivity index (χ3v) is 1.33. The molecule has 86 valence electrons. The molecule has 0 saturated carbocycles. The highest BCUT2D eigenvalue weighted by Gasteiger charge is 2.37. The summed E-state index contributed by atoms with van der Waals surface area (Å²) in [4.78, 5) is 10.1. The number of alkyl halides is 3. The number of carbonyl (C=O) groups excluding carboxylic acids is 1. The van der Waals surface area contributed by atoms with Crippen molar-refractivity contribution in [3.05, 3.63) is 0 Å².